The van der Waals surface area contributed by atoms with Gasteiger partial charge in [-0.15, -0.1) is 0 Å². The molecule has 3 amide bonds. The Kier molecular flexibility index (Phi) is 12.1. The van der Waals surface area contributed by atoms with Gasteiger partial charge in [0.15, 0.2) is 11.6 Å². The van der Waals surface area contributed by atoms with E-state index in [1.165, 1.54) is 38.2 Å². The average molecular weight is 523 g/mol. The number of halogens is 2. The third-order valence-electron chi connectivity index (χ3n) is 7.62. The second-order valence-corrected chi connectivity index (χ2v) is 10.4. The molecule has 1 aromatic rings. The summed E-state index contributed by atoms with van der Waals surface area (Å²) in [7, 11) is 1.90. The first-order valence-electron chi connectivity index (χ1n) is 13.9. The molecule has 0 aromatic heterocycles. The summed E-state index contributed by atoms with van der Waals surface area (Å²) in [4.78, 5) is 26.6. The smallest absolute Gasteiger partial charge is 0.317 e. The van der Waals surface area contributed by atoms with Crippen LogP contribution in [0.3, 0.4) is 0 Å². The van der Waals surface area contributed by atoms with Crippen LogP contribution >= 0.6 is 0 Å². The Labute approximate surface area is 220 Å². The number of hydrogen-bond donors (Lipinski definition) is 3. The first kappa shape index (κ1) is 29.3. The zero-order chi connectivity index (χ0) is 26.6. The quantitative estimate of drug-likeness (QED) is 0.352. The highest BCUT2D eigenvalue weighted by Crippen LogP contribution is 2.35. The van der Waals surface area contributed by atoms with Gasteiger partial charge in [0.05, 0.1) is 12.7 Å². The molecule has 3 atom stereocenters. The van der Waals surface area contributed by atoms with E-state index in [2.05, 4.69) is 16.0 Å². The SMILES string of the molecule is CCC(=O)NCCO[C@@H](c1cccc(F)c1F)[C@@H]1CCCN(C(=O)N[C@H](CNC)CC2CCCCC2)C1. The Balaban J connectivity index is 1.66. The normalized spacial score (nSPS) is 20.3. The third-order valence-corrected chi connectivity index (χ3v) is 7.62. The highest BCUT2D eigenvalue weighted by molar-refractivity contribution is 5.75. The van der Waals surface area contributed by atoms with Gasteiger partial charge in [-0.1, -0.05) is 51.2 Å². The van der Waals surface area contributed by atoms with E-state index in [1.54, 1.807) is 17.9 Å². The molecular formula is C28H44F2N4O3. The molecule has 0 unspecified atom stereocenters. The maximum Gasteiger partial charge on any atom is 0.317 e. The Morgan fingerprint density at radius 2 is 1.92 bits per heavy atom. The lowest BCUT2D eigenvalue weighted by Gasteiger charge is -2.38. The summed E-state index contributed by atoms with van der Waals surface area (Å²) in [5, 5.41) is 9.18. The van der Waals surface area contributed by atoms with E-state index in [0.717, 1.165) is 25.3 Å². The minimum atomic E-state index is -0.923. The molecule has 208 valence electrons. The highest BCUT2D eigenvalue weighted by Gasteiger charge is 2.34. The predicted molar refractivity (Wildman–Crippen MR) is 140 cm³/mol. The van der Waals surface area contributed by atoms with Crippen molar-refractivity contribution >= 4 is 11.9 Å². The molecule has 7 nitrogen and oxygen atoms in total. The number of carbonyl (C=O) groups is 2. The second kappa shape index (κ2) is 15.2. The maximum absolute atomic E-state index is 14.8. The van der Waals surface area contributed by atoms with Gasteiger partial charge < -0.3 is 25.6 Å². The van der Waals surface area contributed by atoms with E-state index < -0.39 is 17.7 Å². The number of likely N-dealkylation sites (tertiary alicyclic amines) is 1. The van der Waals surface area contributed by atoms with E-state index in [4.69, 9.17) is 4.74 Å². The van der Waals surface area contributed by atoms with E-state index in [9.17, 15) is 18.4 Å². The van der Waals surface area contributed by atoms with Gasteiger partial charge in [-0.25, -0.2) is 13.6 Å². The van der Waals surface area contributed by atoms with Gasteiger partial charge in [0, 0.05) is 50.1 Å². The number of ether oxygens (including phenoxy) is 1. The van der Waals surface area contributed by atoms with Crippen LogP contribution in [-0.4, -0.2) is 62.7 Å². The standard InChI is InChI=1S/C28H44F2N4O3/c1-3-25(35)32-14-16-37-27(23-12-7-13-24(29)26(23)30)21-11-8-15-34(19-21)28(36)33-22(18-31-2)17-20-9-5-4-6-10-20/h7,12-13,20-22,27,31H,3-6,8-11,14-19H2,1-2H3,(H,32,35)(H,33,36)/t21-,22+,27-/m1/s1. The van der Waals surface area contributed by atoms with Crippen LogP contribution in [-0.2, 0) is 9.53 Å². The molecule has 3 N–H and O–H groups in total. The van der Waals surface area contributed by atoms with E-state index in [0.29, 0.717) is 32.0 Å². The van der Waals surface area contributed by atoms with Gasteiger partial charge in [-0.05, 0) is 38.3 Å². The fourth-order valence-corrected chi connectivity index (χ4v) is 5.69. The van der Waals surface area contributed by atoms with Crippen LogP contribution in [0.1, 0.15) is 76.4 Å². The zero-order valence-electron chi connectivity index (χ0n) is 22.4. The molecular weight excluding hydrogens is 478 g/mol. The van der Waals surface area contributed by atoms with Gasteiger partial charge in [0.2, 0.25) is 5.91 Å². The van der Waals surface area contributed by atoms with Crippen LogP contribution < -0.4 is 16.0 Å². The molecule has 1 aliphatic carbocycles. The maximum atomic E-state index is 14.8. The molecule has 1 saturated heterocycles. The van der Waals surface area contributed by atoms with E-state index >= 15 is 0 Å². The van der Waals surface area contributed by atoms with Crippen molar-refractivity contribution in [1.29, 1.82) is 0 Å². The van der Waals surface area contributed by atoms with Crippen molar-refractivity contribution < 1.29 is 23.1 Å². The lowest BCUT2D eigenvalue weighted by atomic mass is 9.85. The average Bonchev–Trinajstić information content (AvgIpc) is 2.91. The molecule has 1 heterocycles. The van der Waals surface area contributed by atoms with Crippen LogP contribution in [0.2, 0.25) is 0 Å². The van der Waals surface area contributed by atoms with Crippen LogP contribution in [0.25, 0.3) is 0 Å². The molecule has 2 fully saturated rings. The number of hydrogen-bond acceptors (Lipinski definition) is 4. The second-order valence-electron chi connectivity index (χ2n) is 10.4. The fourth-order valence-electron chi connectivity index (χ4n) is 5.69. The number of rotatable bonds is 12. The molecule has 0 spiro atoms. The van der Waals surface area contributed by atoms with Gasteiger partial charge in [-0.2, -0.15) is 0 Å². The molecule has 37 heavy (non-hydrogen) atoms. The summed E-state index contributed by atoms with van der Waals surface area (Å²) >= 11 is 0. The zero-order valence-corrected chi connectivity index (χ0v) is 22.4. The molecule has 2 aliphatic rings. The number of amides is 3. The van der Waals surface area contributed by atoms with Crippen LogP contribution in [0, 0.1) is 23.5 Å². The van der Waals surface area contributed by atoms with E-state index in [1.807, 2.05) is 7.05 Å². The largest absolute Gasteiger partial charge is 0.371 e. The van der Waals surface area contributed by atoms with Crippen molar-refractivity contribution in [2.75, 3.05) is 39.8 Å². The third kappa shape index (κ3) is 8.92. The lowest BCUT2D eigenvalue weighted by molar-refractivity contribution is -0.121. The summed E-state index contributed by atoms with van der Waals surface area (Å²) in [6.07, 6.45) is 8.36. The first-order valence-corrected chi connectivity index (χ1v) is 13.9. The van der Waals surface area contributed by atoms with Gasteiger partial charge >= 0.3 is 6.03 Å². The Morgan fingerprint density at radius 1 is 1.14 bits per heavy atom. The number of benzene rings is 1. The van der Waals surface area contributed by atoms with Gasteiger partial charge in [-0.3, -0.25) is 4.79 Å². The number of nitrogens with one attached hydrogen (secondary N) is 3. The van der Waals surface area contributed by atoms with Crippen molar-refractivity contribution in [3.8, 4) is 0 Å². The number of piperidine rings is 1. The summed E-state index contributed by atoms with van der Waals surface area (Å²) in [5.74, 6) is -1.49. The lowest BCUT2D eigenvalue weighted by Crippen LogP contribution is -2.52. The summed E-state index contributed by atoms with van der Waals surface area (Å²) in [6, 6.07) is 4.04. The number of likely N-dealkylation sites (N-methyl/N-ethyl adjacent to an activating group) is 1. The van der Waals surface area contributed by atoms with Gasteiger partial charge in [0.25, 0.3) is 0 Å². The van der Waals surface area contributed by atoms with Crippen molar-refractivity contribution in [2.24, 2.45) is 11.8 Å². The monoisotopic (exact) mass is 522 g/mol. The summed E-state index contributed by atoms with van der Waals surface area (Å²) in [5.41, 5.74) is 0.152. The van der Waals surface area contributed by atoms with Crippen LogP contribution in [0.15, 0.2) is 18.2 Å². The molecule has 1 aliphatic heterocycles. The Morgan fingerprint density at radius 3 is 2.65 bits per heavy atom. The molecule has 9 heteroatoms. The van der Waals surface area contributed by atoms with E-state index in [-0.39, 0.29) is 42.6 Å². The summed E-state index contributed by atoms with van der Waals surface area (Å²) < 4.78 is 35.0. The topological polar surface area (TPSA) is 82.7 Å². The fraction of sp³-hybridized carbons (Fsp3) is 0.714. The van der Waals surface area contributed by atoms with Crippen molar-refractivity contribution in [3.05, 3.63) is 35.4 Å². The van der Waals surface area contributed by atoms with Crippen molar-refractivity contribution in [1.82, 2.24) is 20.9 Å². The van der Waals surface area contributed by atoms with Crippen molar-refractivity contribution in [2.45, 2.75) is 76.9 Å². The Bertz CT molecular complexity index is 866. The highest BCUT2D eigenvalue weighted by atomic mass is 19.2. The molecule has 1 aromatic carbocycles. The van der Waals surface area contributed by atoms with Crippen LogP contribution in [0.4, 0.5) is 13.6 Å². The molecule has 0 bridgehead atoms. The molecule has 1 saturated carbocycles. The number of carbonyl (C=O) groups excluding carboxylic acids is 2. The molecule has 3 rings (SSSR count). The van der Waals surface area contributed by atoms with Crippen molar-refractivity contribution in [3.63, 3.8) is 0 Å². The summed E-state index contributed by atoms with van der Waals surface area (Å²) in [6.45, 7) is 3.93. The van der Waals surface area contributed by atoms with Gasteiger partial charge in [0.1, 0.15) is 0 Å². The first-order chi connectivity index (χ1) is 17.9. The number of urea groups is 1. The molecule has 0 radical (unpaired) electrons. The number of nitrogens with zero attached hydrogens (tertiary/aromatic N) is 1. The van der Waals surface area contributed by atoms with Crippen LogP contribution in [0.5, 0.6) is 0 Å². The minimum absolute atomic E-state index is 0.0517. The minimum Gasteiger partial charge on any atom is -0.371 e. The predicted octanol–water partition coefficient (Wildman–Crippen LogP) is 4.53. The Hall–Kier alpha value is -2.26.